The van der Waals surface area contributed by atoms with E-state index in [-0.39, 0.29) is 0 Å². The lowest BCUT2D eigenvalue weighted by atomic mass is 10.3. The molecule has 1 saturated carbocycles. The summed E-state index contributed by atoms with van der Waals surface area (Å²) >= 11 is 0. The highest BCUT2D eigenvalue weighted by Gasteiger charge is 2.14. The fourth-order valence-corrected chi connectivity index (χ4v) is 2.10. The summed E-state index contributed by atoms with van der Waals surface area (Å²) < 4.78 is 7.69. The fraction of sp³-hybridized carbons (Fsp3) is 0.750. The molecule has 90 valence electrons. The molecule has 0 aromatic carbocycles. The van der Waals surface area contributed by atoms with Gasteiger partial charge in [0.15, 0.2) is 0 Å². The first-order chi connectivity index (χ1) is 7.95. The normalized spacial score (nSPS) is 17.0. The number of nitrogens with zero attached hydrogens (tertiary/aromatic N) is 2. The Kier molecular flexibility index (Phi) is 4.83. The third kappa shape index (κ3) is 3.94. The van der Waals surface area contributed by atoms with Gasteiger partial charge >= 0.3 is 0 Å². The molecular weight excluding hydrogens is 202 g/mol. The van der Waals surface area contributed by atoms with Gasteiger partial charge in [0.2, 0.25) is 0 Å². The molecule has 1 aromatic rings. The van der Waals surface area contributed by atoms with E-state index in [4.69, 9.17) is 4.74 Å². The molecule has 4 heteroatoms. The number of hydrogen-bond acceptors (Lipinski definition) is 3. The van der Waals surface area contributed by atoms with E-state index in [0.717, 1.165) is 26.2 Å². The number of rotatable bonds is 7. The van der Waals surface area contributed by atoms with Gasteiger partial charge in [-0.2, -0.15) is 5.10 Å². The van der Waals surface area contributed by atoms with Gasteiger partial charge in [0.25, 0.3) is 0 Å². The second kappa shape index (κ2) is 6.66. The molecule has 0 spiro atoms. The lowest BCUT2D eigenvalue weighted by Gasteiger charge is -2.11. The Morgan fingerprint density at radius 3 is 2.94 bits per heavy atom. The third-order valence-electron chi connectivity index (χ3n) is 3.01. The fourth-order valence-electron chi connectivity index (χ4n) is 2.10. The van der Waals surface area contributed by atoms with Gasteiger partial charge in [-0.3, -0.25) is 4.68 Å². The van der Waals surface area contributed by atoms with Gasteiger partial charge in [0.05, 0.1) is 19.3 Å². The van der Waals surface area contributed by atoms with Crippen molar-refractivity contribution in [1.82, 2.24) is 15.1 Å². The van der Waals surface area contributed by atoms with Gasteiger partial charge in [-0.25, -0.2) is 0 Å². The second-order valence-electron chi connectivity index (χ2n) is 4.30. The van der Waals surface area contributed by atoms with Gasteiger partial charge in [-0.1, -0.05) is 12.8 Å². The van der Waals surface area contributed by atoms with E-state index in [0.29, 0.717) is 6.10 Å². The quantitative estimate of drug-likeness (QED) is 0.711. The van der Waals surface area contributed by atoms with Crippen molar-refractivity contribution in [2.75, 3.05) is 19.7 Å². The highest BCUT2D eigenvalue weighted by Crippen LogP contribution is 2.20. The van der Waals surface area contributed by atoms with Crippen LogP contribution in [0.3, 0.4) is 0 Å². The van der Waals surface area contributed by atoms with Crippen molar-refractivity contribution in [1.29, 1.82) is 0 Å². The van der Waals surface area contributed by atoms with E-state index < -0.39 is 0 Å². The van der Waals surface area contributed by atoms with Crippen LogP contribution >= 0.6 is 0 Å². The minimum absolute atomic E-state index is 0.535. The van der Waals surface area contributed by atoms with E-state index >= 15 is 0 Å². The molecule has 1 aromatic heterocycles. The van der Waals surface area contributed by atoms with E-state index in [2.05, 4.69) is 10.4 Å². The number of aromatic nitrogens is 2. The Hall–Kier alpha value is -0.870. The van der Waals surface area contributed by atoms with Crippen molar-refractivity contribution in [2.45, 2.75) is 38.3 Å². The highest BCUT2D eigenvalue weighted by molar-refractivity contribution is 4.77. The average Bonchev–Trinajstić information content (AvgIpc) is 2.96. The Bertz CT molecular complexity index is 268. The molecule has 4 nitrogen and oxygen atoms in total. The topological polar surface area (TPSA) is 39.1 Å². The molecule has 1 aliphatic rings. The first kappa shape index (κ1) is 11.6. The zero-order valence-electron chi connectivity index (χ0n) is 9.77. The molecular formula is C12H21N3O. The predicted molar refractivity (Wildman–Crippen MR) is 63.3 cm³/mol. The molecule has 0 radical (unpaired) electrons. The molecule has 0 amide bonds. The van der Waals surface area contributed by atoms with Gasteiger partial charge in [0.1, 0.15) is 0 Å². The predicted octanol–water partition coefficient (Wildman–Crippen LogP) is 1.43. The van der Waals surface area contributed by atoms with Crippen LogP contribution in [-0.2, 0) is 11.3 Å². The Morgan fingerprint density at radius 2 is 2.19 bits per heavy atom. The summed E-state index contributed by atoms with van der Waals surface area (Å²) in [4.78, 5) is 0. The zero-order chi connectivity index (χ0) is 11.1. The van der Waals surface area contributed by atoms with Crippen LogP contribution in [0.4, 0.5) is 0 Å². The van der Waals surface area contributed by atoms with Crippen LogP contribution in [0.2, 0.25) is 0 Å². The first-order valence-electron chi connectivity index (χ1n) is 6.25. The van der Waals surface area contributed by atoms with E-state index in [1.165, 1.54) is 25.7 Å². The molecule has 1 heterocycles. The molecule has 1 aliphatic carbocycles. The summed E-state index contributed by atoms with van der Waals surface area (Å²) in [5.74, 6) is 0. The molecule has 0 bridgehead atoms. The van der Waals surface area contributed by atoms with Gasteiger partial charge in [-0.15, -0.1) is 0 Å². The SMILES string of the molecule is c1cnn(CCNCCOC2CCCC2)c1. The van der Waals surface area contributed by atoms with Crippen LogP contribution < -0.4 is 5.32 Å². The lowest BCUT2D eigenvalue weighted by molar-refractivity contribution is 0.0603. The molecule has 16 heavy (non-hydrogen) atoms. The maximum absolute atomic E-state index is 5.76. The summed E-state index contributed by atoms with van der Waals surface area (Å²) in [7, 11) is 0. The van der Waals surface area contributed by atoms with Crippen molar-refractivity contribution >= 4 is 0 Å². The van der Waals surface area contributed by atoms with Crippen molar-refractivity contribution in [3.63, 3.8) is 0 Å². The van der Waals surface area contributed by atoms with Crippen molar-refractivity contribution in [3.8, 4) is 0 Å². The monoisotopic (exact) mass is 223 g/mol. The largest absolute Gasteiger partial charge is 0.377 e. The smallest absolute Gasteiger partial charge is 0.0594 e. The van der Waals surface area contributed by atoms with Crippen LogP contribution in [0, 0.1) is 0 Å². The Labute approximate surface area is 97.0 Å². The maximum Gasteiger partial charge on any atom is 0.0594 e. The molecule has 1 fully saturated rings. The van der Waals surface area contributed by atoms with Crippen LogP contribution in [0.25, 0.3) is 0 Å². The summed E-state index contributed by atoms with van der Waals surface area (Å²) in [6.45, 7) is 3.66. The van der Waals surface area contributed by atoms with E-state index in [1.54, 1.807) is 0 Å². The van der Waals surface area contributed by atoms with Gasteiger partial charge < -0.3 is 10.1 Å². The number of nitrogens with one attached hydrogen (secondary N) is 1. The summed E-state index contributed by atoms with van der Waals surface area (Å²) in [6, 6.07) is 1.95. The molecule has 0 saturated heterocycles. The van der Waals surface area contributed by atoms with Crippen LogP contribution in [0.1, 0.15) is 25.7 Å². The van der Waals surface area contributed by atoms with E-state index in [9.17, 15) is 0 Å². The average molecular weight is 223 g/mol. The van der Waals surface area contributed by atoms with Crippen LogP contribution in [0.15, 0.2) is 18.5 Å². The summed E-state index contributed by atoms with van der Waals surface area (Å²) in [5, 5.41) is 7.50. The van der Waals surface area contributed by atoms with E-state index in [1.807, 2.05) is 23.1 Å². The minimum Gasteiger partial charge on any atom is -0.377 e. The molecule has 0 unspecified atom stereocenters. The van der Waals surface area contributed by atoms with Crippen molar-refractivity contribution in [3.05, 3.63) is 18.5 Å². The van der Waals surface area contributed by atoms with Crippen LogP contribution in [0.5, 0.6) is 0 Å². The molecule has 2 rings (SSSR count). The van der Waals surface area contributed by atoms with Gasteiger partial charge in [0, 0.05) is 25.5 Å². The summed E-state index contributed by atoms with van der Waals surface area (Å²) in [6.07, 6.45) is 9.53. The standard InChI is InChI=1S/C12H21N3O/c1-2-5-12(4-1)16-11-8-13-7-10-15-9-3-6-14-15/h3,6,9,12-13H,1-2,4-5,7-8,10-11H2. The maximum atomic E-state index is 5.76. The zero-order valence-corrected chi connectivity index (χ0v) is 9.77. The molecule has 1 N–H and O–H groups in total. The van der Waals surface area contributed by atoms with Crippen LogP contribution in [-0.4, -0.2) is 35.6 Å². The molecule has 0 atom stereocenters. The Balaban J connectivity index is 1.43. The first-order valence-corrected chi connectivity index (χ1v) is 6.25. The minimum atomic E-state index is 0.535. The number of ether oxygens (including phenoxy) is 1. The third-order valence-corrected chi connectivity index (χ3v) is 3.01. The van der Waals surface area contributed by atoms with Crippen molar-refractivity contribution < 1.29 is 4.74 Å². The van der Waals surface area contributed by atoms with Crippen molar-refractivity contribution in [2.24, 2.45) is 0 Å². The second-order valence-corrected chi connectivity index (χ2v) is 4.30. The summed E-state index contributed by atoms with van der Waals surface area (Å²) in [5.41, 5.74) is 0. The lowest BCUT2D eigenvalue weighted by Crippen LogP contribution is -2.25. The van der Waals surface area contributed by atoms with Gasteiger partial charge in [-0.05, 0) is 18.9 Å². The highest BCUT2D eigenvalue weighted by atomic mass is 16.5. The Morgan fingerprint density at radius 1 is 1.31 bits per heavy atom. The molecule has 0 aliphatic heterocycles. The number of hydrogen-bond donors (Lipinski definition) is 1.